The summed E-state index contributed by atoms with van der Waals surface area (Å²) < 4.78 is 28.5. The number of anilines is 1. The standard InChI is InChI=1S/C12H13ClN4O2S2/c1-7-5-11(17(2)15-7)16-21(18,19)8-3-4-9(12(14)20)10(13)6-8/h3-6,16H,1-2H3,(H2,14,20). The van der Waals surface area contributed by atoms with Gasteiger partial charge in [0.2, 0.25) is 0 Å². The fourth-order valence-electron chi connectivity index (χ4n) is 1.77. The van der Waals surface area contributed by atoms with E-state index in [4.69, 9.17) is 29.6 Å². The van der Waals surface area contributed by atoms with Crippen LogP contribution in [-0.4, -0.2) is 23.2 Å². The molecule has 0 atom stereocenters. The van der Waals surface area contributed by atoms with Gasteiger partial charge in [0, 0.05) is 18.7 Å². The van der Waals surface area contributed by atoms with E-state index >= 15 is 0 Å². The zero-order valence-electron chi connectivity index (χ0n) is 11.3. The number of hydrogen-bond donors (Lipinski definition) is 2. The van der Waals surface area contributed by atoms with Gasteiger partial charge in [-0.1, -0.05) is 23.8 Å². The van der Waals surface area contributed by atoms with Gasteiger partial charge in [-0.05, 0) is 25.1 Å². The maximum absolute atomic E-state index is 12.3. The number of hydrogen-bond acceptors (Lipinski definition) is 4. The molecule has 1 heterocycles. The van der Waals surface area contributed by atoms with Crippen molar-refractivity contribution in [3.05, 3.63) is 40.5 Å². The van der Waals surface area contributed by atoms with Crippen molar-refractivity contribution in [2.75, 3.05) is 4.72 Å². The second-order valence-corrected chi connectivity index (χ2v) is 6.94. The molecule has 0 bridgehead atoms. The molecule has 2 rings (SSSR count). The third-order valence-electron chi connectivity index (χ3n) is 2.76. The lowest BCUT2D eigenvalue weighted by Gasteiger charge is -2.09. The summed E-state index contributed by atoms with van der Waals surface area (Å²) in [6.45, 7) is 1.77. The van der Waals surface area contributed by atoms with Crippen LogP contribution < -0.4 is 10.5 Å². The van der Waals surface area contributed by atoms with E-state index in [2.05, 4.69) is 9.82 Å². The van der Waals surface area contributed by atoms with Crippen LogP contribution in [-0.2, 0) is 17.1 Å². The first-order valence-electron chi connectivity index (χ1n) is 5.83. The molecule has 0 aliphatic rings. The number of benzene rings is 1. The lowest BCUT2D eigenvalue weighted by molar-refractivity contribution is 0.600. The molecular formula is C12H13ClN4O2S2. The fourth-order valence-corrected chi connectivity index (χ4v) is 3.45. The van der Waals surface area contributed by atoms with Crippen LogP contribution >= 0.6 is 23.8 Å². The van der Waals surface area contributed by atoms with E-state index in [1.54, 1.807) is 20.0 Å². The Morgan fingerprint density at radius 3 is 2.57 bits per heavy atom. The van der Waals surface area contributed by atoms with Gasteiger partial charge in [-0.3, -0.25) is 9.40 Å². The minimum absolute atomic E-state index is 0.0198. The lowest BCUT2D eigenvalue weighted by atomic mass is 10.2. The molecule has 9 heteroatoms. The van der Waals surface area contributed by atoms with E-state index < -0.39 is 10.0 Å². The topological polar surface area (TPSA) is 90.0 Å². The second kappa shape index (κ2) is 5.63. The molecule has 1 aromatic carbocycles. The molecule has 0 aliphatic heterocycles. The van der Waals surface area contributed by atoms with Crippen LogP contribution in [0.5, 0.6) is 0 Å². The van der Waals surface area contributed by atoms with E-state index in [0.29, 0.717) is 17.1 Å². The number of nitrogens with two attached hydrogens (primary N) is 1. The summed E-state index contributed by atoms with van der Waals surface area (Å²) in [4.78, 5) is 0.130. The van der Waals surface area contributed by atoms with Crippen LogP contribution in [0, 0.1) is 6.92 Å². The molecule has 6 nitrogen and oxygen atoms in total. The van der Waals surface area contributed by atoms with Gasteiger partial charge in [0.15, 0.2) is 0 Å². The predicted octanol–water partition coefficient (Wildman–Crippen LogP) is 1.82. The monoisotopic (exact) mass is 344 g/mol. The highest BCUT2D eigenvalue weighted by molar-refractivity contribution is 7.92. The first-order valence-corrected chi connectivity index (χ1v) is 8.10. The van der Waals surface area contributed by atoms with Crippen molar-refractivity contribution in [3.63, 3.8) is 0 Å². The molecule has 0 fully saturated rings. The summed E-state index contributed by atoms with van der Waals surface area (Å²) in [5.74, 6) is 0.363. The van der Waals surface area contributed by atoms with Gasteiger partial charge in [-0.15, -0.1) is 0 Å². The summed E-state index contributed by atoms with van der Waals surface area (Å²) in [5, 5.41) is 4.26. The lowest BCUT2D eigenvalue weighted by Crippen LogP contribution is -2.16. The summed E-state index contributed by atoms with van der Waals surface area (Å²) in [7, 11) is -2.12. The Kier molecular flexibility index (Phi) is 4.22. The molecule has 3 N–H and O–H groups in total. The quantitative estimate of drug-likeness (QED) is 0.826. The Labute approximate surface area is 133 Å². The number of sulfonamides is 1. The highest BCUT2D eigenvalue weighted by atomic mass is 35.5. The highest BCUT2D eigenvalue weighted by Gasteiger charge is 2.18. The Balaban J connectivity index is 2.38. The maximum Gasteiger partial charge on any atom is 0.263 e. The van der Waals surface area contributed by atoms with Crippen molar-refractivity contribution in [2.45, 2.75) is 11.8 Å². The van der Waals surface area contributed by atoms with E-state index in [9.17, 15) is 8.42 Å². The molecule has 0 spiro atoms. The molecule has 112 valence electrons. The van der Waals surface area contributed by atoms with E-state index in [-0.39, 0.29) is 14.9 Å². The summed E-state index contributed by atoms with van der Waals surface area (Å²) in [6.07, 6.45) is 0. The molecule has 0 radical (unpaired) electrons. The van der Waals surface area contributed by atoms with Gasteiger partial charge < -0.3 is 5.73 Å². The SMILES string of the molecule is Cc1cc(NS(=O)(=O)c2ccc(C(N)=S)c(Cl)c2)n(C)n1. The van der Waals surface area contributed by atoms with E-state index in [1.165, 1.54) is 22.9 Å². The van der Waals surface area contributed by atoms with E-state index in [1.807, 2.05) is 0 Å². The van der Waals surface area contributed by atoms with Gasteiger partial charge in [0.25, 0.3) is 10.0 Å². The van der Waals surface area contributed by atoms with Gasteiger partial charge in [-0.2, -0.15) is 5.10 Å². The Bertz CT molecular complexity index is 815. The van der Waals surface area contributed by atoms with E-state index in [0.717, 1.165) is 0 Å². The van der Waals surface area contributed by atoms with Gasteiger partial charge >= 0.3 is 0 Å². The summed E-state index contributed by atoms with van der Waals surface area (Å²) in [6, 6.07) is 5.81. The summed E-state index contributed by atoms with van der Waals surface area (Å²) in [5.41, 5.74) is 6.63. The van der Waals surface area contributed by atoms with Crippen molar-refractivity contribution in [2.24, 2.45) is 12.8 Å². The second-order valence-electron chi connectivity index (χ2n) is 4.41. The third-order valence-corrected chi connectivity index (χ3v) is 4.64. The molecule has 0 aliphatic carbocycles. The average molecular weight is 345 g/mol. The zero-order chi connectivity index (χ0) is 15.8. The molecule has 0 amide bonds. The van der Waals surface area contributed by atoms with Crippen LogP contribution in [0.4, 0.5) is 5.82 Å². The Morgan fingerprint density at radius 2 is 2.10 bits per heavy atom. The number of thiocarbonyl (C=S) groups is 1. The molecule has 21 heavy (non-hydrogen) atoms. The van der Waals surface area contributed by atoms with Gasteiger partial charge in [0.05, 0.1) is 15.6 Å². The number of nitrogens with zero attached hydrogens (tertiary/aromatic N) is 2. The molecule has 0 saturated heterocycles. The third kappa shape index (κ3) is 3.34. The molecule has 1 aromatic heterocycles. The largest absolute Gasteiger partial charge is 0.389 e. The smallest absolute Gasteiger partial charge is 0.263 e. The molecular weight excluding hydrogens is 332 g/mol. The Morgan fingerprint density at radius 1 is 1.43 bits per heavy atom. The van der Waals surface area contributed by atoms with Crippen LogP contribution in [0.1, 0.15) is 11.3 Å². The predicted molar refractivity (Wildman–Crippen MR) is 86.1 cm³/mol. The number of rotatable bonds is 4. The zero-order valence-corrected chi connectivity index (χ0v) is 13.7. The first kappa shape index (κ1) is 15.7. The number of nitrogens with one attached hydrogen (secondary N) is 1. The van der Waals surface area contributed by atoms with Crippen molar-refractivity contribution in [1.82, 2.24) is 9.78 Å². The number of halogens is 1. The Hall–Kier alpha value is -1.64. The molecule has 0 saturated carbocycles. The average Bonchev–Trinajstić information content (AvgIpc) is 2.66. The fraction of sp³-hybridized carbons (Fsp3) is 0.167. The normalized spacial score (nSPS) is 11.4. The van der Waals surface area contributed by atoms with Crippen LogP contribution in [0.25, 0.3) is 0 Å². The minimum atomic E-state index is -3.77. The van der Waals surface area contributed by atoms with Crippen LogP contribution in [0.3, 0.4) is 0 Å². The summed E-state index contributed by atoms with van der Waals surface area (Å²) >= 11 is 10.8. The number of aromatic nitrogens is 2. The molecule has 0 unspecified atom stereocenters. The number of aryl methyl sites for hydroxylation is 2. The van der Waals surface area contributed by atoms with Crippen molar-refractivity contribution in [1.29, 1.82) is 0 Å². The van der Waals surface area contributed by atoms with Gasteiger partial charge in [0.1, 0.15) is 10.8 Å². The maximum atomic E-state index is 12.3. The first-order chi connectivity index (χ1) is 9.70. The molecule has 2 aromatic rings. The van der Waals surface area contributed by atoms with Crippen LogP contribution in [0.15, 0.2) is 29.2 Å². The minimum Gasteiger partial charge on any atom is -0.389 e. The van der Waals surface area contributed by atoms with Crippen molar-refractivity contribution >= 4 is 44.6 Å². The highest BCUT2D eigenvalue weighted by Crippen LogP contribution is 2.23. The van der Waals surface area contributed by atoms with Crippen molar-refractivity contribution in [3.8, 4) is 0 Å². The van der Waals surface area contributed by atoms with Gasteiger partial charge in [-0.25, -0.2) is 8.42 Å². The van der Waals surface area contributed by atoms with Crippen molar-refractivity contribution < 1.29 is 8.42 Å². The van der Waals surface area contributed by atoms with Crippen LogP contribution in [0.2, 0.25) is 5.02 Å².